The molecule has 1 amide bonds. The van der Waals surface area contributed by atoms with Crippen LogP contribution in [-0.2, 0) is 24.3 Å². The van der Waals surface area contributed by atoms with E-state index in [1.165, 1.54) is 5.01 Å². The number of amides is 1. The minimum Gasteiger partial charge on any atom is -0.444 e. The Morgan fingerprint density at radius 2 is 2.38 bits per heavy atom. The summed E-state index contributed by atoms with van der Waals surface area (Å²) < 4.78 is 5.53. The van der Waals surface area contributed by atoms with Crippen molar-refractivity contribution in [2.24, 2.45) is 0 Å². The maximum absolute atomic E-state index is 12.1. The number of rotatable bonds is 6. The summed E-state index contributed by atoms with van der Waals surface area (Å²) >= 11 is 1.73. The van der Waals surface area contributed by atoms with Gasteiger partial charge in [0.1, 0.15) is 5.76 Å². The van der Waals surface area contributed by atoms with Crippen molar-refractivity contribution in [3.8, 4) is 0 Å². The van der Waals surface area contributed by atoms with E-state index < -0.39 is 0 Å². The molecule has 7 heteroatoms. The van der Waals surface area contributed by atoms with E-state index in [1.807, 2.05) is 11.8 Å². The van der Waals surface area contributed by atoms with Crippen molar-refractivity contribution in [2.75, 3.05) is 13.1 Å². The lowest BCUT2D eigenvalue weighted by Gasteiger charge is -2.26. The van der Waals surface area contributed by atoms with Gasteiger partial charge in [-0.25, -0.2) is 9.97 Å². The Kier molecular flexibility index (Phi) is 5.30. The van der Waals surface area contributed by atoms with Gasteiger partial charge in [0.15, 0.2) is 0 Å². The van der Waals surface area contributed by atoms with Crippen LogP contribution in [0.15, 0.2) is 16.0 Å². The van der Waals surface area contributed by atoms with Crippen LogP contribution in [0.5, 0.6) is 0 Å². The molecule has 3 heterocycles. The normalized spacial score (nSPS) is 18.2. The van der Waals surface area contributed by atoms with E-state index in [9.17, 15) is 4.79 Å². The summed E-state index contributed by atoms with van der Waals surface area (Å²) in [6.07, 6.45) is 3.66. The third-order valence-corrected chi connectivity index (χ3v) is 5.40. The molecule has 6 nitrogen and oxygen atoms in total. The zero-order chi connectivity index (χ0) is 17.1. The molecule has 1 aliphatic rings. The molecule has 0 saturated carbocycles. The summed E-state index contributed by atoms with van der Waals surface area (Å²) in [5.74, 6) is 1.45. The van der Waals surface area contributed by atoms with Gasteiger partial charge < -0.3 is 9.32 Å². The van der Waals surface area contributed by atoms with Gasteiger partial charge in [-0.15, -0.1) is 11.3 Å². The van der Waals surface area contributed by atoms with Gasteiger partial charge in [0.05, 0.1) is 23.4 Å². The van der Waals surface area contributed by atoms with E-state index in [2.05, 4.69) is 27.2 Å². The zero-order valence-corrected chi connectivity index (χ0v) is 15.3. The van der Waals surface area contributed by atoms with Crippen molar-refractivity contribution in [3.05, 3.63) is 33.9 Å². The van der Waals surface area contributed by atoms with Gasteiger partial charge in [0.25, 0.3) is 0 Å². The predicted octanol–water partition coefficient (Wildman–Crippen LogP) is 2.62. The molecule has 2 aromatic rings. The molecule has 1 fully saturated rings. The number of aromatic nitrogens is 2. The van der Waals surface area contributed by atoms with E-state index in [4.69, 9.17) is 4.42 Å². The summed E-state index contributed by atoms with van der Waals surface area (Å²) in [5, 5.41) is 3.33. The number of hydrogen-bond donors (Lipinski definition) is 0. The molecule has 2 aromatic heterocycles. The Bertz CT molecular complexity index is 696. The predicted molar refractivity (Wildman–Crippen MR) is 92.6 cm³/mol. The van der Waals surface area contributed by atoms with Gasteiger partial charge in [0.2, 0.25) is 11.8 Å². The highest BCUT2D eigenvalue weighted by atomic mass is 32.1. The molecule has 24 heavy (non-hydrogen) atoms. The van der Waals surface area contributed by atoms with Crippen molar-refractivity contribution >= 4 is 17.2 Å². The van der Waals surface area contributed by atoms with Gasteiger partial charge >= 0.3 is 0 Å². The van der Waals surface area contributed by atoms with Gasteiger partial charge in [0, 0.05) is 38.0 Å². The van der Waals surface area contributed by atoms with Gasteiger partial charge in [-0.3, -0.25) is 9.69 Å². The van der Waals surface area contributed by atoms with Crippen molar-refractivity contribution in [2.45, 2.75) is 52.7 Å². The molecule has 0 bridgehead atoms. The van der Waals surface area contributed by atoms with E-state index in [0.717, 1.165) is 43.9 Å². The minimum atomic E-state index is 0.0691. The second kappa shape index (κ2) is 7.44. The Balaban J connectivity index is 1.60. The number of oxazole rings is 1. The van der Waals surface area contributed by atoms with Crippen LogP contribution in [0.1, 0.15) is 42.6 Å². The zero-order valence-electron chi connectivity index (χ0n) is 14.5. The summed E-state index contributed by atoms with van der Waals surface area (Å²) in [7, 11) is 0. The number of hydrogen-bond acceptors (Lipinski definition) is 6. The van der Waals surface area contributed by atoms with E-state index in [1.54, 1.807) is 24.5 Å². The SMILES string of the molecule is CCc1nc(CN2CC[C@@H](N(Cc3ncc(C)o3)C(C)=O)C2)cs1. The van der Waals surface area contributed by atoms with Crippen LogP contribution in [0.4, 0.5) is 0 Å². The van der Waals surface area contributed by atoms with Crippen LogP contribution in [-0.4, -0.2) is 44.8 Å². The molecule has 0 aromatic carbocycles. The van der Waals surface area contributed by atoms with Gasteiger partial charge in [-0.2, -0.15) is 0 Å². The molecule has 0 aliphatic carbocycles. The fourth-order valence-corrected chi connectivity index (χ4v) is 3.88. The second-order valence-electron chi connectivity index (χ2n) is 6.28. The van der Waals surface area contributed by atoms with E-state index >= 15 is 0 Å². The van der Waals surface area contributed by atoms with E-state index in [-0.39, 0.29) is 11.9 Å². The largest absolute Gasteiger partial charge is 0.444 e. The summed E-state index contributed by atoms with van der Waals surface area (Å²) in [4.78, 5) is 25.2. The van der Waals surface area contributed by atoms with Crippen LogP contribution in [0.3, 0.4) is 0 Å². The molecule has 130 valence electrons. The van der Waals surface area contributed by atoms with Crippen molar-refractivity contribution in [3.63, 3.8) is 0 Å². The number of aryl methyl sites for hydroxylation is 2. The average Bonchev–Trinajstić information content (AvgIpc) is 3.26. The molecule has 0 N–H and O–H groups in total. The lowest BCUT2D eigenvalue weighted by atomic mass is 10.2. The maximum atomic E-state index is 12.1. The Morgan fingerprint density at radius 3 is 3.00 bits per heavy atom. The number of thiazole rings is 1. The minimum absolute atomic E-state index is 0.0691. The molecule has 0 unspecified atom stereocenters. The Hall–Kier alpha value is -1.73. The first-order valence-corrected chi connectivity index (χ1v) is 9.27. The Morgan fingerprint density at radius 1 is 1.54 bits per heavy atom. The highest BCUT2D eigenvalue weighted by Crippen LogP contribution is 2.21. The number of likely N-dealkylation sites (tertiary alicyclic amines) is 1. The molecule has 1 aliphatic heterocycles. The highest BCUT2D eigenvalue weighted by Gasteiger charge is 2.30. The standard InChI is InChI=1S/C17H24N4O2S/c1-4-17-19-14(11-24-17)8-20-6-5-15(9-20)21(13(3)22)10-16-18-7-12(2)23-16/h7,11,15H,4-6,8-10H2,1-3H3/t15-/m1/s1. The fraction of sp³-hybridized carbons (Fsp3) is 0.588. The number of carbonyl (C=O) groups excluding carboxylic acids is 1. The lowest BCUT2D eigenvalue weighted by Crippen LogP contribution is -2.40. The molecule has 1 saturated heterocycles. The summed E-state index contributed by atoms with van der Waals surface area (Å²) in [6, 6.07) is 0.207. The topological polar surface area (TPSA) is 62.5 Å². The number of nitrogens with zero attached hydrogens (tertiary/aromatic N) is 4. The number of carbonyl (C=O) groups is 1. The van der Waals surface area contributed by atoms with Crippen molar-refractivity contribution in [1.82, 2.24) is 19.8 Å². The van der Waals surface area contributed by atoms with Crippen LogP contribution in [0.2, 0.25) is 0 Å². The lowest BCUT2D eigenvalue weighted by molar-refractivity contribution is -0.132. The summed E-state index contributed by atoms with van der Waals surface area (Å²) in [5.41, 5.74) is 1.13. The van der Waals surface area contributed by atoms with Crippen LogP contribution < -0.4 is 0 Å². The third-order valence-electron chi connectivity index (χ3n) is 4.35. The first-order valence-electron chi connectivity index (χ1n) is 8.39. The van der Waals surface area contributed by atoms with Gasteiger partial charge in [-0.05, 0) is 19.8 Å². The van der Waals surface area contributed by atoms with Crippen LogP contribution in [0, 0.1) is 6.92 Å². The second-order valence-corrected chi connectivity index (χ2v) is 7.22. The average molecular weight is 348 g/mol. The van der Waals surface area contributed by atoms with Crippen molar-refractivity contribution in [1.29, 1.82) is 0 Å². The van der Waals surface area contributed by atoms with Crippen LogP contribution >= 0.6 is 11.3 Å². The molecular formula is C17H24N4O2S. The molecule has 0 radical (unpaired) electrons. The molecule has 0 spiro atoms. The maximum Gasteiger partial charge on any atom is 0.220 e. The first-order chi connectivity index (χ1) is 11.5. The smallest absolute Gasteiger partial charge is 0.220 e. The van der Waals surface area contributed by atoms with Crippen molar-refractivity contribution < 1.29 is 9.21 Å². The Labute approximate surface area is 146 Å². The molecular weight excluding hydrogens is 324 g/mol. The van der Waals surface area contributed by atoms with Crippen LogP contribution in [0.25, 0.3) is 0 Å². The first kappa shape index (κ1) is 17.1. The monoisotopic (exact) mass is 348 g/mol. The quantitative estimate of drug-likeness (QED) is 0.803. The molecule has 1 atom stereocenters. The summed E-state index contributed by atoms with van der Waals surface area (Å²) in [6.45, 7) is 8.77. The van der Waals surface area contributed by atoms with E-state index in [0.29, 0.717) is 12.4 Å². The van der Waals surface area contributed by atoms with Gasteiger partial charge in [-0.1, -0.05) is 6.92 Å². The highest BCUT2D eigenvalue weighted by molar-refractivity contribution is 7.09. The molecule has 3 rings (SSSR count). The third kappa shape index (κ3) is 4.02. The fourth-order valence-electron chi connectivity index (χ4n) is 3.14.